The van der Waals surface area contributed by atoms with Crippen LogP contribution in [0.2, 0.25) is 0 Å². The van der Waals surface area contributed by atoms with Gasteiger partial charge >= 0.3 is 6.09 Å². The number of fused-ring (bicyclic) bond motifs is 1. The number of amides is 1. The van der Waals surface area contributed by atoms with Crippen LogP contribution in [0.15, 0.2) is 73.1 Å². The quantitative estimate of drug-likeness (QED) is 0.316. The molecule has 0 unspecified atom stereocenters. The third-order valence-electron chi connectivity index (χ3n) is 5.69. The van der Waals surface area contributed by atoms with Crippen LogP contribution in [0, 0.1) is 6.92 Å². The highest BCUT2D eigenvalue weighted by Crippen LogP contribution is 2.27. The zero-order valence-corrected chi connectivity index (χ0v) is 20.9. The van der Waals surface area contributed by atoms with E-state index in [1.165, 1.54) is 11.1 Å². The Kier molecular flexibility index (Phi) is 7.51. The first-order chi connectivity index (χ1) is 16.8. The summed E-state index contributed by atoms with van der Waals surface area (Å²) in [6, 6.07) is 20.7. The van der Waals surface area contributed by atoms with Gasteiger partial charge in [0.25, 0.3) is 0 Å². The van der Waals surface area contributed by atoms with E-state index in [9.17, 15) is 4.79 Å². The molecule has 4 aromatic rings. The second kappa shape index (κ2) is 10.7. The summed E-state index contributed by atoms with van der Waals surface area (Å²) in [5, 5.41) is 7.33. The number of hydrogen-bond donors (Lipinski definition) is 1. The number of carbonyl (C=O) groups excluding carboxylic acids is 1. The van der Waals surface area contributed by atoms with Crippen LogP contribution < -0.4 is 5.32 Å². The predicted octanol–water partition coefficient (Wildman–Crippen LogP) is 6.09. The molecule has 0 aliphatic heterocycles. The molecule has 2 aromatic heterocycles. The predicted molar refractivity (Wildman–Crippen MR) is 138 cm³/mol. The fourth-order valence-electron chi connectivity index (χ4n) is 3.95. The van der Waals surface area contributed by atoms with Crippen LogP contribution in [0.25, 0.3) is 16.6 Å². The minimum absolute atomic E-state index is 0.412. The number of benzene rings is 2. The van der Waals surface area contributed by atoms with Gasteiger partial charge in [0, 0.05) is 24.5 Å². The van der Waals surface area contributed by atoms with Gasteiger partial charge in [-0.2, -0.15) is 5.10 Å². The van der Waals surface area contributed by atoms with Crippen molar-refractivity contribution >= 4 is 11.6 Å². The van der Waals surface area contributed by atoms with Gasteiger partial charge in [-0.15, -0.1) is 0 Å². The SMILES string of the molecule is Cc1cc(-c2ccnn3cc(CCOCc4ccccc4)cc23)ccc1CNC(=O)OC(C)(C)C. The van der Waals surface area contributed by atoms with Crippen LogP contribution >= 0.6 is 0 Å². The molecule has 182 valence electrons. The third-order valence-corrected chi connectivity index (χ3v) is 5.69. The van der Waals surface area contributed by atoms with Crippen molar-refractivity contribution in [1.29, 1.82) is 0 Å². The van der Waals surface area contributed by atoms with Crippen molar-refractivity contribution in [3.63, 3.8) is 0 Å². The van der Waals surface area contributed by atoms with Gasteiger partial charge in [0.1, 0.15) is 5.60 Å². The first kappa shape index (κ1) is 24.5. The summed E-state index contributed by atoms with van der Waals surface area (Å²) in [6.45, 7) is 9.31. The molecule has 0 atom stereocenters. The van der Waals surface area contributed by atoms with Gasteiger partial charge < -0.3 is 14.8 Å². The molecule has 6 nitrogen and oxygen atoms in total. The number of ether oxygens (including phenoxy) is 2. The molecule has 2 heterocycles. The van der Waals surface area contributed by atoms with E-state index in [4.69, 9.17) is 9.47 Å². The van der Waals surface area contributed by atoms with Gasteiger partial charge in [-0.05, 0) is 74.1 Å². The van der Waals surface area contributed by atoms with Crippen LogP contribution in [-0.2, 0) is 29.0 Å². The van der Waals surface area contributed by atoms with Crippen molar-refractivity contribution in [3.8, 4) is 11.1 Å². The van der Waals surface area contributed by atoms with E-state index < -0.39 is 11.7 Å². The van der Waals surface area contributed by atoms with E-state index in [-0.39, 0.29) is 0 Å². The minimum Gasteiger partial charge on any atom is -0.444 e. The zero-order valence-electron chi connectivity index (χ0n) is 20.9. The van der Waals surface area contributed by atoms with E-state index in [1.54, 1.807) is 0 Å². The average molecular weight is 472 g/mol. The van der Waals surface area contributed by atoms with Crippen LogP contribution in [0.3, 0.4) is 0 Å². The average Bonchev–Trinajstić information content (AvgIpc) is 3.24. The maximum atomic E-state index is 12.0. The van der Waals surface area contributed by atoms with E-state index in [2.05, 4.69) is 59.9 Å². The lowest BCUT2D eigenvalue weighted by atomic mass is 10.00. The number of aromatic nitrogens is 2. The first-order valence-corrected chi connectivity index (χ1v) is 11.9. The molecule has 0 saturated heterocycles. The highest BCUT2D eigenvalue weighted by Gasteiger charge is 2.16. The molecule has 0 bridgehead atoms. The lowest BCUT2D eigenvalue weighted by Crippen LogP contribution is -2.32. The molecule has 1 N–H and O–H groups in total. The number of nitrogens with zero attached hydrogens (tertiary/aromatic N) is 2. The Balaban J connectivity index is 1.42. The number of carbonyl (C=O) groups is 1. The van der Waals surface area contributed by atoms with Crippen LogP contribution in [0.1, 0.15) is 43.0 Å². The summed E-state index contributed by atoms with van der Waals surface area (Å²) < 4.78 is 13.1. The molecule has 0 aliphatic carbocycles. The fourth-order valence-corrected chi connectivity index (χ4v) is 3.95. The molecular weight excluding hydrogens is 438 g/mol. The minimum atomic E-state index is -0.514. The molecule has 4 rings (SSSR count). The lowest BCUT2D eigenvalue weighted by Gasteiger charge is -2.20. The molecule has 35 heavy (non-hydrogen) atoms. The Morgan fingerprint density at radius 2 is 1.83 bits per heavy atom. The summed E-state index contributed by atoms with van der Waals surface area (Å²) in [5.74, 6) is 0. The molecule has 0 spiro atoms. The topological polar surface area (TPSA) is 64.9 Å². The van der Waals surface area contributed by atoms with Crippen molar-refractivity contribution < 1.29 is 14.3 Å². The monoisotopic (exact) mass is 471 g/mol. The van der Waals surface area contributed by atoms with Crippen molar-refractivity contribution in [2.75, 3.05) is 6.61 Å². The van der Waals surface area contributed by atoms with E-state index in [0.717, 1.165) is 34.2 Å². The molecule has 6 heteroatoms. The second-order valence-electron chi connectivity index (χ2n) is 9.71. The normalized spacial score (nSPS) is 11.5. The van der Waals surface area contributed by atoms with Gasteiger partial charge in [-0.1, -0.05) is 48.5 Å². The molecule has 2 aromatic carbocycles. The summed E-state index contributed by atoms with van der Waals surface area (Å²) in [5.41, 5.74) is 7.30. The Hall–Kier alpha value is -3.64. The largest absolute Gasteiger partial charge is 0.444 e. The van der Waals surface area contributed by atoms with Crippen LogP contribution in [0.4, 0.5) is 4.79 Å². The number of hydrogen-bond acceptors (Lipinski definition) is 4. The van der Waals surface area contributed by atoms with E-state index in [1.807, 2.05) is 55.7 Å². The fraction of sp³-hybridized carbons (Fsp3) is 0.310. The Morgan fingerprint density at radius 1 is 1.03 bits per heavy atom. The molecular formula is C29H33N3O3. The van der Waals surface area contributed by atoms with E-state index in [0.29, 0.717) is 19.8 Å². The zero-order chi connectivity index (χ0) is 24.8. The van der Waals surface area contributed by atoms with Gasteiger partial charge in [-0.3, -0.25) is 0 Å². The van der Waals surface area contributed by atoms with Crippen LogP contribution in [-0.4, -0.2) is 27.9 Å². The molecule has 0 saturated carbocycles. The maximum absolute atomic E-state index is 12.0. The Morgan fingerprint density at radius 3 is 2.57 bits per heavy atom. The Bertz CT molecular complexity index is 1290. The summed E-state index contributed by atoms with van der Waals surface area (Å²) in [7, 11) is 0. The Labute approximate surface area is 206 Å². The summed E-state index contributed by atoms with van der Waals surface area (Å²) in [4.78, 5) is 12.0. The van der Waals surface area contributed by atoms with Gasteiger partial charge in [0.2, 0.25) is 0 Å². The molecule has 0 fully saturated rings. The smallest absolute Gasteiger partial charge is 0.407 e. The highest BCUT2D eigenvalue weighted by molar-refractivity contribution is 5.81. The second-order valence-corrected chi connectivity index (χ2v) is 9.71. The van der Waals surface area contributed by atoms with Gasteiger partial charge in [0.05, 0.1) is 18.7 Å². The van der Waals surface area contributed by atoms with E-state index >= 15 is 0 Å². The van der Waals surface area contributed by atoms with Gasteiger partial charge in [0.15, 0.2) is 0 Å². The van der Waals surface area contributed by atoms with Crippen molar-refractivity contribution in [3.05, 3.63) is 95.3 Å². The van der Waals surface area contributed by atoms with Crippen molar-refractivity contribution in [2.24, 2.45) is 0 Å². The third kappa shape index (κ3) is 6.70. The first-order valence-electron chi connectivity index (χ1n) is 11.9. The summed E-state index contributed by atoms with van der Waals surface area (Å²) >= 11 is 0. The standard InChI is InChI=1S/C29H33N3O3/c1-21-16-24(10-11-25(21)18-30-28(33)35-29(2,3)4)26-12-14-31-32-19-23(17-27(26)32)13-15-34-20-22-8-6-5-7-9-22/h5-12,14,16-17,19H,13,15,18,20H2,1-4H3,(H,30,33). The van der Waals surface area contributed by atoms with Crippen molar-refractivity contribution in [2.45, 2.75) is 52.9 Å². The number of alkyl carbamates (subject to hydrolysis) is 1. The highest BCUT2D eigenvalue weighted by atomic mass is 16.6. The van der Waals surface area contributed by atoms with Crippen LogP contribution in [0.5, 0.6) is 0 Å². The van der Waals surface area contributed by atoms with Gasteiger partial charge in [-0.25, -0.2) is 9.31 Å². The summed E-state index contributed by atoms with van der Waals surface area (Å²) in [6.07, 6.45) is 4.30. The lowest BCUT2D eigenvalue weighted by molar-refractivity contribution is 0.0523. The molecule has 0 radical (unpaired) electrons. The number of rotatable bonds is 8. The molecule has 0 aliphatic rings. The number of nitrogens with one attached hydrogen (secondary N) is 1. The molecule has 1 amide bonds. The van der Waals surface area contributed by atoms with Crippen molar-refractivity contribution in [1.82, 2.24) is 14.9 Å². The number of aryl methyl sites for hydroxylation is 1. The maximum Gasteiger partial charge on any atom is 0.407 e.